The normalized spacial score (nSPS) is 20.4. The zero-order valence-electron chi connectivity index (χ0n) is 12.7. The first kappa shape index (κ1) is 13.9. The van der Waals surface area contributed by atoms with Crippen molar-refractivity contribution >= 4 is 5.69 Å². The molecule has 3 heteroatoms. The van der Waals surface area contributed by atoms with E-state index in [1.165, 1.54) is 75.3 Å². The summed E-state index contributed by atoms with van der Waals surface area (Å²) in [6, 6.07) is 7.00. The van der Waals surface area contributed by atoms with Crippen molar-refractivity contribution in [3.63, 3.8) is 0 Å². The van der Waals surface area contributed by atoms with E-state index in [-0.39, 0.29) is 0 Å². The van der Waals surface area contributed by atoms with Gasteiger partial charge in [0.1, 0.15) is 0 Å². The first-order chi connectivity index (χ1) is 9.85. The van der Waals surface area contributed by atoms with Crippen molar-refractivity contribution in [3.05, 3.63) is 29.3 Å². The number of rotatable bonds is 4. The molecule has 0 aromatic heterocycles. The zero-order chi connectivity index (χ0) is 13.8. The summed E-state index contributed by atoms with van der Waals surface area (Å²) >= 11 is 0. The molecule has 0 spiro atoms. The molecule has 0 aliphatic carbocycles. The van der Waals surface area contributed by atoms with Gasteiger partial charge >= 0.3 is 0 Å². The van der Waals surface area contributed by atoms with Crippen LogP contribution in [-0.2, 0) is 12.8 Å². The van der Waals surface area contributed by atoms with E-state index < -0.39 is 0 Å². The summed E-state index contributed by atoms with van der Waals surface area (Å²) in [4.78, 5) is 5.16. The van der Waals surface area contributed by atoms with Crippen molar-refractivity contribution in [2.24, 2.45) is 0 Å². The molecular weight excluding hydrogens is 246 g/mol. The lowest BCUT2D eigenvalue weighted by molar-refractivity contribution is 0.138. The number of piperazine rings is 1. The average molecular weight is 273 g/mol. The number of nitrogens with one attached hydrogen (secondary N) is 1. The summed E-state index contributed by atoms with van der Waals surface area (Å²) in [5.74, 6) is 0. The van der Waals surface area contributed by atoms with Crippen LogP contribution in [0.4, 0.5) is 5.69 Å². The smallest absolute Gasteiger partial charge is 0.0372 e. The molecule has 1 N–H and O–H groups in total. The Kier molecular flexibility index (Phi) is 4.58. The topological polar surface area (TPSA) is 18.5 Å². The Morgan fingerprint density at radius 2 is 1.90 bits per heavy atom. The van der Waals surface area contributed by atoms with Crippen molar-refractivity contribution < 1.29 is 0 Å². The van der Waals surface area contributed by atoms with E-state index in [1.807, 2.05) is 0 Å². The van der Waals surface area contributed by atoms with Gasteiger partial charge in [-0.3, -0.25) is 0 Å². The van der Waals surface area contributed by atoms with Gasteiger partial charge in [-0.05, 0) is 43.0 Å². The lowest BCUT2D eigenvalue weighted by atomic mass is 9.99. The van der Waals surface area contributed by atoms with Gasteiger partial charge < -0.3 is 15.1 Å². The molecule has 110 valence electrons. The molecule has 20 heavy (non-hydrogen) atoms. The lowest BCUT2D eigenvalue weighted by Crippen LogP contribution is -2.46. The molecule has 1 saturated heterocycles. The molecule has 1 aromatic carbocycles. The maximum Gasteiger partial charge on any atom is 0.0372 e. The molecular formula is C17H27N3. The maximum atomic E-state index is 3.49. The minimum absolute atomic E-state index is 1.13. The molecule has 0 bridgehead atoms. The third kappa shape index (κ3) is 3.33. The number of aryl methyl sites for hydroxylation is 1. The zero-order valence-corrected chi connectivity index (χ0v) is 12.7. The molecule has 2 aliphatic rings. The van der Waals surface area contributed by atoms with Crippen LogP contribution in [0.3, 0.4) is 0 Å². The second-order valence-electron chi connectivity index (χ2n) is 6.05. The molecule has 3 nitrogen and oxygen atoms in total. The van der Waals surface area contributed by atoms with Gasteiger partial charge in [-0.25, -0.2) is 0 Å². The number of anilines is 1. The minimum Gasteiger partial charge on any atom is -0.385 e. The van der Waals surface area contributed by atoms with Gasteiger partial charge in [0.25, 0.3) is 0 Å². The number of fused-ring (bicyclic) bond motifs is 1. The van der Waals surface area contributed by atoms with Gasteiger partial charge in [-0.2, -0.15) is 0 Å². The molecule has 0 unspecified atom stereocenters. The Labute approximate surface area is 123 Å². The summed E-state index contributed by atoms with van der Waals surface area (Å²) in [6.45, 7) is 10.8. The van der Waals surface area contributed by atoms with Crippen LogP contribution in [0.25, 0.3) is 0 Å². The van der Waals surface area contributed by atoms with Crippen LogP contribution in [-0.4, -0.2) is 55.6 Å². The molecule has 2 heterocycles. The Morgan fingerprint density at radius 1 is 1.10 bits per heavy atom. The van der Waals surface area contributed by atoms with Crippen molar-refractivity contribution in [3.8, 4) is 0 Å². The standard InChI is InChI=1S/C17H27N3/c1-2-19-10-12-20(13-11-19)9-7-15-5-6-17-16(14-15)4-3-8-18-17/h5-6,14,18H,2-4,7-13H2,1H3. The van der Waals surface area contributed by atoms with Gasteiger partial charge in [0.05, 0.1) is 0 Å². The van der Waals surface area contributed by atoms with Gasteiger partial charge in [-0.1, -0.05) is 19.1 Å². The molecule has 0 atom stereocenters. The van der Waals surface area contributed by atoms with Crippen LogP contribution in [0.1, 0.15) is 24.5 Å². The highest BCUT2D eigenvalue weighted by Gasteiger charge is 2.15. The number of hydrogen-bond donors (Lipinski definition) is 1. The third-order valence-electron chi connectivity index (χ3n) is 4.74. The summed E-state index contributed by atoms with van der Waals surface area (Å²) in [6.07, 6.45) is 3.71. The van der Waals surface area contributed by atoms with Gasteiger partial charge in [0, 0.05) is 45.0 Å². The molecule has 0 radical (unpaired) electrons. The predicted molar refractivity (Wildman–Crippen MR) is 85.5 cm³/mol. The second kappa shape index (κ2) is 6.59. The molecule has 3 rings (SSSR count). The van der Waals surface area contributed by atoms with E-state index in [4.69, 9.17) is 0 Å². The van der Waals surface area contributed by atoms with Gasteiger partial charge in [0.15, 0.2) is 0 Å². The van der Waals surface area contributed by atoms with E-state index in [9.17, 15) is 0 Å². The molecule has 1 aromatic rings. The summed E-state index contributed by atoms with van der Waals surface area (Å²) in [5, 5.41) is 3.49. The highest BCUT2D eigenvalue weighted by atomic mass is 15.3. The number of benzene rings is 1. The Balaban J connectivity index is 1.51. The Morgan fingerprint density at radius 3 is 2.70 bits per heavy atom. The lowest BCUT2D eigenvalue weighted by Gasteiger charge is -2.34. The SMILES string of the molecule is CCN1CCN(CCc2ccc3c(c2)CCCN3)CC1. The van der Waals surface area contributed by atoms with E-state index in [0.29, 0.717) is 0 Å². The number of nitrogens with zero attached hydrogens (tertiary/aromatic N) is 2. The average Bonchev–Trinajstić information content (AvgIpc) is 2.53. The maximum absolute atomic E-state index is 3.49. The fourth-order valence-corrected chi connectivity index (χ4v) is 3.30. The molecule has 1 fully saturated rings. The third-order valence-corrected chi connectivity index (χ3v) is 4.74. The van der Waals surface area contributed by atoms with E-state index in [0.717, 1.165) is 6.54 Å². The fraction of sp³-hybridized carbons (Fsp3) is 0.647. The summed E-state index contributed by atoms with van der Waals surface area (Å²) in [7, 11) is 0. The quantitative estimate of drug-likeness (QED) is 0.907. The van der Waals surface area contributed by atoms with Crippen molar-refractivity contribution in [2.75, 3.05) is 51.1 Å². The molecule has 0 amide bonds. The largest absolute Gasteiger partial charge is 0.385 e. The van der Waals surface area contributed by atoms with E-state index in [1.54, 1.807) is 0 Å². The predicted octanol–water partition coefficient (Wildman–Crippen LogP) is 2.22. The first-order valence-corrected chi connectivity index (χ1v) is 8.15. The van der Waals surface area contributed by atoms with E-state index >= 15 is 0 Å². The highest BCUT2D eigenvalue weighted by molar-refractivity contribution is 5.54. The van der Waals surface area contributed by atoms with Crippen LogP contribution in [0, 0.1) is 0 Å². The summed E-state index contributed by atoms with van der Waals surface area (Å²) in [5.41, 5.74) is 4.38. The van der Waals surface area contributed by atoms with Crippen LogP contribution < -0.4 is 5.32 Å². The van der Waals surface area contributed by atoms with Crippen molar-refractivity contribution in [1.82, 2.24) is 9.80 Å². The Bertz CT molecular complexity index is 436. The second-order valence-corrected chi connectivity index (χ2v) is 6.05. The number of likely N-dealkylation sites (N-methyl/N-ethyl adjacent to an activating group) is 1. The van der Waals surface area contributed by atoms with E-state index in [2.05, 4.69) is 40.2 Å². The monoisotopic (exact) mass is 273 g/mol. The van der Waals surface area contributed by atoms with Crippen molar-refractivity contribution in [1.29, 1.82) is 0 Å². The fourth-order valence-electron chi connectivity index (χ4n) is 3.30. The molecule has 0 saturated carbocycles. The Hall–Kier alpha value is -1.06. The highest BCUT2D eigenvalue weighted by Crippen LogP contribution is 2.23. The van der Waals surface area contributed by atoms with Crippen LogP contribution in [0.15, 0.2) is 18.2 Å². The van der Waals surface area contributed by atoms with Crippen molar-refractivity contribution in [2.45, 2.75) is 26.2 Å². The van der Waals surface area contributed by atoms with Crippen LogP contribution in [0.5, 0.6) is 0 Å². The first-order valence-electron chi connectivity index (χ1n) is 8.15. The van der Waals surface area contributed by atoms with Gasteiger partial charge in [-0.15, -0.1) is 0 Å². The summed E-state index contributed by atoms with van der Waals surface area (Å²) < 4.78 is 0. The van der Waals surface area contributed by atoms with Crippen LogP contribution >= 0.6 is 0 Å². The molecule has 2 aliphatic heterocycles. The van der Waals surface area contributed by atoms with Crippen LogP contribution in [0.2, 0.25) is 0 Å². The van der Waals surface area contributed by atoms with Gasteiger partial charge in [0.2, 0.25) is 0 Å². The minimum atomic E-state index is 1.13. The number of hydrogen-bond acceptors (Lipinski definition) is 3.